The topological polar surface area (TPSA) is 73.7 Å². The molecule has 8 heteroatoms. The number of aromatic carboxylic acids is 1. The predicted octanol–water partition coefficient (Wildman–Crippen LogP) is 2.74. The highest BCUT2D eigenvalue weighted by Gasteiger charge is 2.20. The van der Waals surface area contributed by atoms with Crippen molar-refractivity contribution in [1.82, 2.24) is 4.98 Å². The Bertz CT molecular complexity index is 973. The molecule has 1 saturated heterocycles. The van der Waals surface area contributed by atoms with Crippen molar-refractivity contribution in [2.24, 2.45) is 0 Å². The number of benzene rings is 1. The number of carboxylic acid groups (broad SMARTS) is 1. The quantitative estimate of drug-likeness (QED) is 0.761. The number of anilines is 2. The Morgan fingerprint density at radius 3 is 2.40 bits per heavy atom. The van der Waals surface area contributed by atoms with Gasteiger partial charge in [0.25, 0.3) is 4.74 Å². The van der Waals surface area contributed by atoms with Gasteiger partial charge < -0.3 is 14.9 Å². The monoisotopic (exact) mass is 373 g/mol. The summed E-state index contributed by atoms with van der Waals surface area (Å²) >= 11 is 2.64. The second kappa shape index (κ2) is 6.45. The lowest BCUT2D eigenvalue weighted by molar-refractivity contribution is 0.0697. The van der Waals surface area contributed by atoms with Gasteiger partial charge in [-0.2, -0.15) is 0 Å². The van der Waals surface area contributed by atoms with Gasteiger partial charge in [-0.15, -0.1) is 11.3 Å². The molecule has 0 atom stereocenters. The largest absolute Gasteiger partial charge is 0.478 e. The van der Waals surface area contributed by atoms with Crippen LogP contribution in [0.2, 0.25) is 0 Å². The van der Waals surface area contributed by atoms with E-state index in [1.807, 2.05) is 23.6 Å². The van der Waals surface area contributed by atoms with Crippen LogP contribution in [0, 0.1) is 0 Å². The van der Waals surface area contributed by atoms with E-state index in [1.165, 1.54) is 22.7 Å². The molecule has 1 fully saturated rings. The lowest BCUT2D eigenvalue weighted by Gasteiger charge is -2.36. The number of aromatic nitrogens is 1. The lowest BCUT2D eigenvalue weighted by atomic mass is 10.2. The fourth-order valence-corrected chi connectivity index (χ4v) is 4.66. The number of hydrogen-bond acceptors (Lipinski definition) is 7. The third kappa shape index (κ3) is 3.10. The molecule has 25 heavy (non-hydrogen) atoms. The Balaban J connectivity index is 1.48. The zero-order chi connectivity index (χ0) is 17.4. The molecule has 6 nitrogen and oxygen atoms in total. The Hall–Kier alpha value is -2.45. The van der Waals surface area contributed by atoms with E-state index < -0.39 is 5.97 Å². The highest BCUT2D eigenvalue weighted by atomic mass is 32.1. The summed E-state index contributed by atoms with van der Waals surface area (Å²) in [4.78, 5) is 32.1. The second-order valence-electron chi connectivity index (χ2n) is 5.74. The van der Waals surface area contributed by atoms with Gasteiger partial charge in [0.1, 0.15) is 4.70 Å². The van der Waals surface area contributed by atoms with Crippen LogP contribution < -0.4 is 14.5 Å². The van der Waals surface area contributed by atoms with Crippen LogP contribution >= 0.6 is 22.7 Å². The minimum Gasteiger partial charge on any atom is -0.478 e. The van der Waals surface area contributed by atoms with Gasteiger partial charge in [-0.1, -0.05) is 11.3 Å². The van der Waals surface area contributed by atoms with Crippen LogP contribution in [0.1, 0.15) is 10.4 Å². The first-order chi connectivity index (χ1) is 12.1. The molecule has 1 aliphatic heterocycles. The summed E-state index contributed by atoms with van der Waals surface area (Å²) in [5.74, 6) is -0.916. The molecule has 1 N–H and O–H groups in total. The normalized spacial score (nSPS) is 14.9. The number of thiophene rings is 1. The molecule has 3 aromatic rings. The third-order valence-electron chi connectivity index (χ3n) is 4.26. The van der Waals surface area contributed by atoms with E-state index in [0.29, 0.717) is 5.56 Å². The molecule has 4 rings (SSSR count). The van der Waals surface area contributed by atoms with Crippen LogP contribution in [-0.4, -0.2) is 42.2 Å². The molecule has 1 aromatic carbocycles. The Labute approximate surface area is 151 Å². The molecule has 0 bridgehead atoms. The van der Waals surface area contributed by atoms with Crippen molar-refractivity contribution in [2.75, 3.05) is 36.0 Å². The molecule has 3 heterocycles. The van der Waals surface area contributed by atoms with Crippen LogP contribution in [0.3, 0.4) is 0 Å². The van der Waals surface area contributed by atoms with Crippen LogP contribution in [0.5, 0.6) is 0 Å². The van der Waals surface area contributed by atoms with E-state index in [2.05, 4.69) is 14.8 Å². The van der Waals surface area contributed by atoms with E-state index in [9.17, 15) is 9.59 Å². The van der Waals surface area contributed by atoms with Gasteiger partial charge in [0.2, 0.25) is 0 Å². The summed E-state index contributed by atoms with van der Waals surface area (Å²) in [7, 11) is 0. The van der Waals surface area contributed by atoms with Crippen molar-refractivity contribution in [1.29, 1.82) is 0 Å². The molecule has 0 amide bonds. The van der Waals surface area contributed by atoms with Gasteiger partial charge in [-0.05, 0) is 35.7 Å². The van der Waals surface area contributed by atoms with Crippen LogP contribution in [0.4, 0.5) is 10.8 Å². The summed E-state index contributed by atoms with van der Waals surface area (Å²) < 4.78 is 0.799. The van der Waals surface area contributed by atoms with Crippen LogP contribution in [0.25, 0.3) is 10.2 Å². The maximum Gasteiger partial charge on any atom is 0.335 e. The molecule has 0 spiro atoms. The van der Waals surface area contributed by atoms with Gasteiger partial charge in [0.05, 0.1) is 11.1 Å². The number of nitrogens with zero attached hydrogens (tertiary/aromatic N) is 3. The van der Waals surface area contributed by atoms with E-state index >= 15 is 0 Å². The fraction of sp³-hybridized carbons (Fsp3) is 0.235. The number of carbonyl (C=O) groups is 1. The number of hydrogen-bond donors (Lipinski definition) is 1. The number of carboxylic acids is 1. The molecule has 2 aromatic heterocycles. The van der Waals surface area contributed by atoms with Crippen molar-refractivity contribution in [3.05, 3.63) is 50.8 Å². The van der Waals surface area contributed by atoms with E-state index in [1.54, 1.807) is 12.1 Å². The van der Waals surface area contributed by atoms with Crippen LogP contribution in [-0.2, 0) is 0 Å². The minimum absolute atomic E-state index is 0.0710. The summed E-state index contributed by atoms with van der Waals surface area (Å²) in [5.41, 5.74) is 2.08. The molecular formula is C17H15N3O3S2. The highest BCUT2D eigenvalue weighted by Crippen LogP contribution is 2.24. The molecule has 1 aliphatic rings. The van der Waals surface area contributed by atoms with Gasteiger partial charge in [-0.3, -0.25) is 4.79 Å². The SMILES string of the molecule is O=C(O)c1ccc(N2CCN(c3nc4ccsc4c(=O)s3)CC2)cc1. The smallest absolute Gasteiger partial charge is 0.335 e. The minimum atomic E-state index is -0.916. The van der Waals surface area contributed by atoms with Gasteiger partial charge >= 0.3 is 5.97 Å². The summed E-state index contributed by atoms with van der Waals surface area (Å²) in [6.07, 6.45) is 0. The average molecular weight is 373 g/mol. The molecular weight excluding hydrogens is 358 g/mol. The van der Waals surface area contributed by atoms with Crippen molar-refractivity contribution in [3.8, 4) is 0 Å². The maximum atomic E-state index is 12.2. The number of fused-ring (bicyclic) bond motifs is 1. The zero-order valence-electron chi connectivity index (χ0n) is 13.2. The molecule has 0 unspecified atom stereocenters. The molecule has 0 radical (unpaired) electrons. The molecule has 128 valence electrons. The van der Waals surface area contributed by atoms with Crippen molar-refractivity contribution in [3.63, 3.8) is 0 Å². The first-order valence-corrected chi connectivity index (χ1v) is 9.53. The van der Waals surface area contributed by atoms with Gasteiger partial charge in [-0.25, -0.2) is 9.78 Å². The fourth-order valence-electron chi connectivity index (χ4n) is 2.90. The Morgan fingerprint density at radius 1 is 1.04 bits per heavy atom. The lowest BCUT2D eigenvalue weighted by Crippen LogP contribution is -2.46. The Morgan fingerprint density at radius 2 is 1.72 bits per heavy atom. The molecule has 0 saturated carbocycles. The average Bonchev–Trinajstić information content (AvgIpc) is 3.11. The number of rotatable bonds is 3. The maximum absolute atomic E-state index is 12.2. The molecule has 0 aliphatic carbocycles. The van der Waals surface area contributed by atoms with Crippen molar-refractivity contribution < 1.29 is 9.90 Å². The standard InChI is InChI=1S/C17H15N3O3S2/c21-15(22)11-1-3-12(4-2-11)19-6-8-20(9-7-19)17-18-13-5-10-24-14(13)16(23)25-17/h1-5,10H,6-9H2,(H,21,22). The number of piperazine rings is 1. The first-order valence-electron chi connectivity index (χ1n) is 7.83. The van der Waals surface area contributed by atoms with E-state index in [0.717, 1.165) is 47.2 Å². The predicted molar refractivity (Wildman–Crippen MR) is 102 cm³/mol. The van der Waals surface area contributed by atoms with Gasteiger partial charge in [0.15, 0.2) is 5.13 Å². The van der Waals surface area contributed by atoms with Crippen molar-refractivity contribution >= 4 is 49.7 Å². The Kier molecular flexibility index (Phi) is 4.14. The third-order valence-corrected chi connectivity index (χ3v) is 6.21. The van der Waals surface area contributed by atoms with Crippen molar-refractivity contribution in [2.45, 2.75) is 0 Å². The summed E-state index contributed by atoms with van der Waals surface area (Å²) in [6, 6.07) is 8.82. The van der Waals surface area contributed by atoms with E-state index in [-0.39, 0.29) is 4.74 Å². The highest BCUT2D eigenvalue weighted by molar-refractivity contribution is 7.21. The van der Waals surface area contributed by atoms with Gasteiger partial charge in [0, 0.05) is 31.9 Å². The van der Waals surface area contributed by atoms with E-state index in [4.69, 9.17) is 5.11 Å². The summed E-state index contributed by atoms with van der Waals surface area (Å²) in [6.45, 7) is 3.16. The first kappa shape index (κ1) is 16.0. The second-order valence-corrected chi connectivity index (χ2v) is 7.60. The zero-order valence-corrected chi connectivity index (χ0v) is 14.8. The van der Waals surface area contributed by atoms with Crippen LogP contribution in [0.15, 0.2) is 40.5 Å². The summed E-state index contributed by atoms with van der Waals surface area (Å²) in [5, 5.41) is 11.6.